The fourth-order valence-electron chi connectivity index (χ4n) is 4.07. The smallest absolute Gasteiger partial charge is 0.322 e. The molecule has 1 unspecified atom stereocenters. The quantitative estimate of drug-likeness (QED) is 0.562. The van der Waals surface area contributed by atoms with Crippen molar-refractivity contribution in [1.29, 1.82) is 5.41 Å². The maximum absolute atomic E-state index is 12.0. The summed E-state index contributed by atoms with van der Waals surface area (Å²) in [5.41, 5.74) is 14.5. The molecule has 0 aromatic heterocycles. The summed E-state index contributed by atoms with van der Waals surface area (Å²) < 4.78 is 0. The van der Waals surface area contributed by atoms with Crippen LogP contribution in [-0.2, 0) is 0 Å². The van der Waals surface area contributed by atoms with Gasteiger partial charge in [-0.15, -0.1) is 0 Å². The van der Waals surface area contributed by atoms with Crippen LogP contribution in [0, 0.1) is 25.2 Å². The summed E-state index contributed by atoms with van der Waals surface area (Å²) in [5, 5.41) is 7.83. The van der Waals surface area contributed by atoms with Gasteiger partial charge in [0.25, 0.3) is 0 Å². The van der Waals surface area contributed by atoms with Crippen molar-refractivity contribution < 1.29 is 4.79 Å². The highest BCUT2D eigenvalue weighted by Crippen LogP contribution is 2.35. The lowest BCUT2D eigenvalue weighted by atomic mass is 9.83. The lowest BCUT2D eigenvalue weighted by Gasteiger charge is -2.33. The van der Waals surface area contributed by atoms with Crippen LogP contribution < -0.4 is 11.5 Å². The molecule has 24 heavy (non-hydrogen) atoms. The Labute approximate surface area is 144 Å². The van der Waals surface area contributed by atoms with Crippen LogP contribution in [0.4, 0.5) is 4.79 Å². The summed E-state index contributed by atoms with van der Waals surface area (Å²) in [7, 11) is 0. The summed E-state index contributed by atoms with van der Waals surface area (Å²) in [6.07, 6.45) is 8.27. The molecule has 0 saturated heterocycles. The molecule has 0 spiro atoms. The highest BCUT2D eigenvalue weighted by Gasteiger charge is 2.29. The summed E-state index contributed by atoms with van der Waals surface area (Å²) in [5.74, 6) is 0.422. The van der Waals surface area contributed by atoms with Crippen molar-refractivity contribution >= 4 is 12.0 Å². The molecule has 2 rings (SSSR count). The zero-order valence-electron chi connectivity index (χ0n) is 14.8. The molecule has 2 amide bonds. The van der Waals surface area contributed by atoms with Gasteiger partial charge in [0.15, 0.2) is 5.96 Å². The predicted octanol–water partition coefficient (Wildman–Crippen LogP) is 3.98. The number of carbonyl (C=O) groups is 1. The minimum absolute atomic E-state index is 0.261. The van der Waals surface area contributed by atoms with Crippen molar-refractivity contribution in [2.75, 3.05) is 0 Å². The van der Waals surface area contributed by atoms with Crippen LogP contribution in [0.5, 0.6) is 0 Å². The number of benzene rings is 1. The standard InChI is InChI=1S/C19H30N4O/c1-13-7-6-8-14(2)17(13)16(23(18(20)21)19(22)24)12-11-15-9-4-3-5-10-15/h6-8,15-16H,3-5,9-12H2,1-2H3,(H3,20,21)(H2,22,24). The molecule has 0 radical (unpaired) electrons. The number of aryl methyl sites for hydroxylation is 2. The van der Waals surface area contributed by atoms with E-state index in [1.807, 2.05) is 32.0 Å². The molecule has 0 heterocycles. The Balaban J connectivity index is 2.29. The van der Waals surface area contributed by atoms with Crippen molar-refractivity contribution in [1.82, 2.24) is 4.90 Å². The molecule has 0 bridgehead atoms. The number of rotatable bonds is 5. The van der Waals surface area contributed by atoms with Crippen molar-refractivity contribution in [3.8, 4) is 0 Å². The topological polar surface area (TPSA) is 96.2 Å². The average molecular weight is 330 g/mol. The van der Waals surface area contributed by atoms with E-state index in [1.165, 1.54) is 37.0 Å². The molecule has 1 aromatic rings. The van der Waals surface area contributed by atoms with Crippen LogP contribution in [0.2, 0.25) is 0 Å². The van der Waals surface area contributed by atoms with Gasteiger partial charge in [-0.1, -0.05) is 50.3 Å². The van der Waals surface area contributed by atoms with E-state index in [2.05, 4.69) is 0 Å². The predicted molar refractivity (Wildman–Crippen MR) is 97.8 cm³/mol. The second-order valence-electron chi connectivity index (χ2n) is 7.00. The monoisotopic (exact) mass is 330 g/mol. The molecular formula is C19H30N4O. The molecule has 132 valence electrons. The van der Waals surface area contributed by atoms with E-state index in [0.29, 0.717) is 5.92 Å². The van der Waals surface area contributed by atoms with Gasteiger partial charge in [0.05, 0.1) is 6.04 Å². The zero-order valence-corrected chi connectivity index (χ0v) is 14.8. The van der Waals surface area contributed by atoms with Crippen LogP contribution in [0.25, 0.3) is 0 Å². The van der Waals surface area contributed by atoms with E-state index < -0.39 is 6.03 Å². The van der Waals surface area contributed by atoms with E-state index >= 15 is 0 Å². The van der Waals surface area contributed by atoms with Gasteiger partial charge in [-0.25, -0.2) is 4.79 Å². The van der Waals surface area contributed by atoms with E-state index in [0.717, 1.165) is 29.5 Å². The highest BCUT2D eigenvalue weighted by molar-refractivity contribution is 5.93. The van der Waals surface area contributed by atoms with E-state index in [9.17, 15) is 4.79 Å². The Morgan fingerprint density at radius 2 is 1.79 bits per heavy atom. The summed E-state index contributed by atoms with van der Waals surface area (Å²) in [4.78, 5) is 13.2. The van der Waals surface area contributed by atoms with Crippen LogP contribution in [0.1, 0.15) is 67.7 Å². The van der Waals surface area contributed by atoms with Crippen molar-refractivity contribution in [3.05, 3.63) is 34.9 Å². The molecule has 1 fully saturated rings. The summed E-state index contributed by atoms with van der Waals surface area (Å²) in [6, 6.07) is 5.17. The molecular weight excluding hydrogens is 300 g/mol. The Morgan fingerprint density at radius 1 is 1.21 bits per heavy atom. The fraction of sp³-hybridized carbons (Fsp3) is 0.579. The number of nitrogens with two attached hydrogens (primary N) is 2. The molecule has 1 aliphatic rings. The Morgan fingerprint density at radius 3 is 2.29 bits per heavy atom. The lowest BCUT2D eigenvalue weighted by Crippen LogP contribution is -2.47. The zero-order chi connectivity index (χ0) is 17.7. The van der Waals surface area contributed by atoms with Crippen molar-refractivity contribution in [2.45, 2.75) is 64.8 Å². The van der Waals surface area contributed by atoms with Gasteiger partial charge in [0.2, 0.25) is 0 Å². The molecule has 1 atom stereocenters. The minimum Gasteiger partial charge on any atom is -0.370 e. The third-order valence-corrected chi connectivity index (χ3v) is 5.26. The lowest BCUT2D eigenvalue weighted by molar-refractivity contribution is 0.208. The van der Waals surface area contributed by atoms with Crippen molar-refractivity contribution in [2.24, 2.45) is 17.4 Å². The largest absolute Gasteiger partial charge is 0.370 e. The Kier molecular flexibility index (Phi) is 6.23. The molecule has 1 aliphatic carbocycles. The minimum atomic E-state index is -0.654. The van der Waals surface area contributed by atoms with Crippen LogP contribution in [0.3, 0.4) is 0 Å². The number of urea groups is 1. The third kappa shape index (κ3) is 4.28. The number of guanidine groups is 1. The Hall–Kier alpha value is -2.04. The first kappa shape index (κ1) is 18.3. The van der Waals surface area contributed by atoms with Crippen LogP contribution in [0.15, 0.2) is 18.2 Å². The first-order valence-corrected chi connectivity index (χ1v) is 8.90. The third-order valence-electron chi connectivity index (χ3n) is 5.26. The molecule has 0 aliphatic heterocycles. The number of amides is 2. The summed E-state index contributed by atoms with van der Waals surface area (Å²) >= 11 is 0. The first-order chi connectivity index (χ1) is 11.4. The molecule has 5 nitrogen and oxygen atoms in total. The van der Waals surface area contributed by atoms with Gasteiger partial charge in [-0.05, 0) is 49.3 Å². The maximum atomic E-state index is 12.0. The number of hydrogen-bond donors (Lipinski definition) is 3. The van der Waals surface area contributed by atoms with Gasteiger partial charge in [-0.3, -0.25) is 10.3 Å². The van der Waals surface area contributed by atoms with Gasteiger partial charge >= 0.3 is 6.03 Å². The molecule has 1 saturated carbocycles. The first-order valence-electron chi connectivity index (χ1n) is 8.90. The van der Waals surface area contributed by atoms with Gasteiger partial charge < -0.3 is 11.5 Å². The van der Waals surface area contributed by atoms with Crippen molar-refractivity contribution in [3.63, 3.8) is 0 Å². The Bertz CT molecular complexity index is 559. The number of nitrogens with one attached hydrogen (secondary N) is 1. The number of primary amides is 1. The second-order valence-corrected chi connectivity index (χ2v) is 7.00. The van der Waals surface area contributed by atoms with E-state index in [1.54, 1.807) is 0 Å². The summed E-state index contributed by atoms with van der Waals surface area (Å²) in [6.45, 7) is 4.07. The van der Waals surface area contributed by atoms with Gasteiger partial charge in [0, 0.05) is 0 Å². The average Bonchev–Trinajstić information content (AvgIpc) is 2.52. The van der Waals surface area contributed by atoms with Gasteiger partial charge in [-0.2, -0.15) is 0 Å². The number of nitrogens with zero attached hydrogens (tertiary/aromatic N) is 1. The van der Waals surface area contributed by atoms with Gasteiger partial charge in [0.1, 0.15) is 0 Å². The molecule has 5 heteroatoms. The fourth-order valence-corrected chi connectivity index (χ4v) is 4.07. The molecule has 5 N–H and O–H groups in total. The second kappa shape index (κ2) is 8.18. The van der Waals surface area contributed by atoms with E-state index in [4.69, 9.17) is 16.9 Å². The van der Waals surface area contributed by atoms with E-state index in [-0.39, 0.29) is 12.0 Å². The highest BCUT2D eigenvalue weighted by atomic mass is 16.2. The van der Waals surface area contributed by atoms with Crippen LogP contribution in [-0.4, -0.2) is 16.9 Å². The normalized spacial score (nSPS) is 16.6. The maximum Gasteiger partial charge on any atom is 0.322 e. The SMILES string of the molecule is Cc1cccc(C)c1C(CCC1CCCCC1)N(C(=N)N)C(N)=O. The van der Waals surface area contributed by atoms with Crippen LogP contribution >= 0.6 is 0 Å². The number of hydrogen-bond acceptors (Lipinski definition) is 2. The number of carbonyl (C=O) groups excluding carboxylic acids is 1. The molecule has 1 aromatic carbocycles.